The molecule has 2 rings (SSSR count). The molecule has 0 aromatic carbocycles. The number of nitrogen functional groups attached to an aromatic ring is 1. The first-order valence-electron chi connectivity index (χ1n) is 6.71. The molecule has 2 heterocycles. The van der Waals surface area contributed by atoms with E-state index in [0.29, 0.717) is 5.82 Å². The average Bonchev–Trinajstić information content (AvgIpc) is 2.81. The number of anilines is 2. The van der Waals surface area contributed by atoms with E-state index in [1.54, 1.807) is 11.3 Å². The van der Waals surface area contributed by atoms with Gasteiger partial charge in [-0.3, -0.25) is 0 Å². The number of thiophene rings is 1. The summed E-state index contributed by atoms with van der Waals surface area (Å²) in [5.41, 5.74) is 6.87. The monoisotopic (exact) mass is 354 g/mol. The topological polar surface area (TPSA) is 63.8 Å². The van der Waals surface area contributed by atoms with Crippen LogP contribution in [-0.4, -0.2) is 16.5 Å². The van der Waals surface area contributed by atoms with Gasteiger partial charge in [0.2, 0.25) is 0 Å². The Balaban J connectivity index is 2.01. The number of aryl methyl sites for hydroxylation is 1. The maximum Gasteiger partial charge on any atom is 0.134 e. The van der Waals surface area contributed by atoms with Gasteiger partial charge < -0.3 is 11.1 Å². The number of nitrogens with one attached hydrogen (secondary N) is 1. The second-order valence-corrected chi connectivity index (χ2v) is 7.18. The fraction of sp³-hybridized carbons (Fsp3) is 0.429. The third-order valence-corrected chi connectivity index (χ3v) is 4.68. The minimum Gasteiger partial charge on any atom is -0.383 e. The van der Waals surface area contributed by atoms with Crippen LogP contribution in [0.5, 0.6) is 0 Å². The largest absolute Gasteiger partial charge is 0.383 e. The van der Waals surface area contributed by atoms with Gasteiger partial charge in [0.15, 0.2) is 0 Å². The molecule has 0 saturated carbocycles. The summed E-state index contributed by atoms with van der Waals surface area (Å²) in [6, 6.07) is 4.22. The SMILES string of the molecule is CCCc1nc(N)c(C)c(NCCc2ccc(Br)s2)n1. The number of nitrogens with two attached hydrogens (primary N) is 1. The molecule has 3 N–H and O–H groups in total. The van der Waals surface area contributed by atoms with E-state index >= 15 is 0 Å². The summed E-state index contributed by atoms with van der Waals surface area (Å²) in [6.07, 6.45) is 2.85. The average molecular weight is 355 g/mol. The van der Waals surface area contributed by atoms with Crippen LogP contribution in [0.1, 0.15) is 29.6 Å². The van der Waals surface area contributed by atoms with Crippen molar-refractivity contribution in [2.24, 2.45) is 0 Å². The van der Waals surface area contributed by atoms with Crippen molar-refractivity contribution in [1.29, 1.82) is 0 Å². The van der Waals surface area contributed by atoms with Crippen molar-refractivity contribution in [3.63, 3.8) is 0 Å². The van der Waals surface area contributed by atoms with Crippen LogP contribution in [0.2, 0.25) is 0 Å². The van der Waals surface area contributed by atoms with Crippen LogP contribution in [0.25, 0.3) is 0 Å². The number of hydrogen-bond acceptors (Lipinski definition) is 5. The lowest BCUT2D eigenvalue weighted by Crippen LogP contribution is -2.11. The molecule has 20 heavy (non-hydrogen) atoms. The first kappa shape index (κ1) is 15.3. The van der Waals surface area contributed by atoms with Crippen molar-refractivity contribution in [3.8, 4) is 0 Å². The molecule has 0 saturated heterocycles. The molecular formula is C14H19BrN4S. The van der Waals surface area contributed by atoms with Crippen molar-refractivity contribution >= 4 is 38.9 Å². The van der Waals surface area contributed by atoms with Crippen LogP contribution in [0.3, 0.4) is 0 Å². The molecule has 108 valence electrons. The minimum atomic E-state index is 0.574. The fourth-order valence-corrected chi connectivity index (χ4v) is 3.36. The van der Waals surface area contributed by atoms with Crippen LogP contribution in [0.15, 0.2) is 15.9 Å². The number of halogens is 1. The highest BCUT2D eigenvalue weighted by atomic mass is 79.9. The third-order valence-electron chi connectivity index (χ3n) is 3.00. The highest BCUT2D eigenvalue weighted by Crippen LogP contribution is 2.23. The molecular weight excluding hydrogens is 336 g/mol. The van der Waals surface area contributed by atoms with Crippen molar-refractivity contribution in [2.75, 3.05) is 17.6 Å². The van der Waals surface area contributed by atoms with Gasteiger partial charge in [-0.05, 0) is 47.8 Å². The van der Waals surface area contributed by atoms with Gasteiger partial charge in [0.05, 0.1) is 3.79 Å². The Hall–Kier alpha value is -1.14. The van der Waals surface area contributed by atoms with E-state index in [2.05, 4.69) is 50.3 Å². The van der Waals surface area contributed by atoms with Crippen LogP contribution >= 0.6 is 27.3 Å². The van der Waals surface area contributed by atoms with Crippen LogP contribution < -0.4 is 11.1 Å². The highest BCUT2D eigenvalue weighted by molar-refractivity contribution is 9.11. The zero-order valence-corrected chi connectivity index (χ0v) is 14.1. The first-order valence-corrected chi connectivity index (χ1v) is 8.32. The molecule has 2 aromatic rings. The lowest BCUT2D eigenvalue weighted by atomic mass is 10.2. The van der Waals surface area contributed by atoms with E-state index < -0.39 is 0 Å². The second kappa shape index (κ2) is 7.04. The standard InChI is InChI=1S/C14H19BrN4S/c1-3-4-12-18-13(16)9(2)14(19-12)17-8-7-10-5-6-11(15)20-10/h5-6H,3-4,7-8H2,1-2H3,(H3,16,17,18,19). The van der Waals surface area contributed by atoms with Crippen LogP contribution in [0.4, 0.5) is 11.6 Å². The van der Waals surface area contributed by atoms with Crippen molar-refractivity contribution in [3.05, 3.63) is 32.2 Å². The maximum absolute atomic E-state index is 5.94. The summed E-state index contributed by atoms with van der Waals surface area (Å²) >= 11 is 5.24. The predicted octanol–water partition coefficient (Wildman–Crippen LogP) is 3.80. The number of rotatable bonds is 6. The van der Waals surface area contributed by atoms with Gasteiger partial charge in [-0.15, -0.1) is 11.3 Å². The molecule has 0 unspecified atom stereocenters. The molecule has 0 amide bonds. The number of aromatic nitrogens is 2. The molecule has 0 bridgehead atoms. The predicted molar refractivity (Wildman–Crippen MR) is 89.4 cm³/mol. The first-order chi connectivity index (χ1) is 9.60. The summed E-state index contributed by atoms with van der Waals surface area (Å²) in [6.45, 7) is 4.91. The van der Waals surface area contributed by atoms with Crippen LogP contribution in [0, 0.1) is 6.92 Å². The third kappa shape index (κ3) is 3.93. The Morgan fingerprint density at radius 3 is 2.75 bits per heavy atom. The minimum absolute atomic E-state index is 0.574. The second-order valence-electron chi connectivity index (χ2n) is 4.63. The van der Waals surface area contributed by atoms with Gasteiger partial charge in [-0.1, -0.05) is 6.92 Å². The van der Waals surface area contributed by atoms with Crippen LogP contribution in [-0.2, 0) is 12.8 Å². The van der Waals surface area contributed by atoms with E-state index in [1.165, 1.54) is 8.66 Å². The zero-order valence-electron chi connectivity index (χ0n) is 11.7. The fourth-order valence-electron chi connectivity index (χ4n) is 1.88. The quantitative estimate of drug-likeness (QED) is 0.827. The molecule has 0 fully saturated rings. The Kier molecular flexibility index (Phi) is 5.37. The van der Waals surface area contributed by atoms with E-state index in [4.69, 9.17) is 5.73 Å². The van der Waals surface area contributed by atoms with Crippen molar-refractivity contribution in [1.82, 2.24) is 9.97 Å². The molecule has 0 aliphatic rings. The van der Waals surface area contributed by atoms with Gasteiger partial charge in [-0.2, -0.15) is 0 Å². The van der Waals surface area contributed by atoms with Gasteiger partial charge in [0.1, 0.15) is 17.5 Å². The molecule has 0 atom stereocenters. The van der Waals surface area contributed by atoms with Gasteiger partial charge >= 0.3 is 0 Å². The number of nitrogens with zero attached hydrogens (tertiary/aromatic N) is 2. The van der Waals surface area contributed by atoms with Crippen molar-refractivity contribution in [2.45, 2.75) is 33.1 Å². The Morgan fingerprint density at radius 1 is 1.30 bits per heavy atom. The van der Waals surface area contributed by atoms with Gasteiger partial charge in [0, 0.05) is 23.4 Å². The van der Waals surface area contributed by atoms with Crippen molar-refractivity contribution < 1.29 is 0 Å². The lowest BCUT2D eigenvalue weighted by Gasteiger charge is -2.11. The summed E-state index contributed by atoms with van der Waals surface area (Å²) in [5, 5.41) is 3.37. The summed E-state index contributed by atoms with van der Waals surface area (Å²) < 4.78 is 1.17. The van der Waals surface area contributed by atoms with E-state index in [9.17, 15) is 0 Å². The molecule has 0 radical (unpaired) electrons. The lowest BCUT2D eigenvalue weighted by molar-refractivity contribution is 0.832. The smallest absolute Gasteiger partial charge is 0.134 e. The summed E-state index contributed by atoms with van der Waals surface area (Å²) in [7, 11) is 0. The molecule has 0 aliphatic carbocycles. The summed E-state index contributed by atoms with van der Waals surface area (Å²) in [5.74, 6) is 2.25. The van der Waals surface area contributed by atoms with E-state index in [-0.39, 0.29) is 0 Å². The Bertz CT molecular complexity index is 583. The Labute approximate surface area is 132 Å². The molecule has 0 spiro atoms. The zero-order chi connectivity index (χ0) is 14.5. The highest BCUT2D eigenvalue weighted by Gasteiger charge is 2.08. The maximum atomic E-state index is 5.94. The van der Waals surface area contributed by atoms with Gasteiger partial charge in [-0.25, -0.2) is 9.97 Å². The van der Waals surface area contributed by atoms with E-state index in [1.807, 2.05) is 6.92 Å². The summed E-state index contributed by atoms with van der Waals surface area (Å²) in [4.78, 5) is 10.2. The normalized spacial score (nSPS) is 10.8. The van der Waals surface area contributed by atoms with E-state index in [0.717, 1.165) is 43.0 Å². The number of hydrogen-bond donors (Lipinski definition) is 2. The molecule has 4 nitrogen and oxygen atoms in total. The van der Waals surface area contributed by atoms with Gasteiger partial charge in [0.25, 0.3) is 0 Å². The Morgan fingerprint density at radius 2 is 2.10 bits per heavy atom. The molecule has 6 heteroatoms. The molecule has 0 aliphatic heterocycles. The molecule has 2 aromatic heterocycles.